The molecule has 0 unspecified atom stereocenters. The first-order valence-corrected chi connectivity index (χ1v) is 43.1. The number of aliphatic hydroxyl groups excluding tert-OH is 2. The predicted octanol–water partition coefficient (Wildman–Crippen LogP) is 19.2. The number of aromatic nitrogens is 1. The Bertz CT molecular complexity index is 4070. The van der Waals surface area contributed by atoms with Gasteiger partial charge in [0.1, 0.15) is 28.1 Å². The maximum atomic E-state index is 12.2. The highest BCUT2D eigenvalue weighted by Crippen LogP contribution is 2.72. The van der Waals surface area contributed by atoms with Crippen molar-refractivity contribution in [3.8, 4) is 12.3 Å². The van der Waals surface area contributed by atoms with Crippen LogP contribution in [0.4, 0.5) is 0 Å². The van der Waals surface area contributed by atoms with Crippen LogP contribution in [0.1, 0.15) is 247 Å². The third kappa shape index (κ3) is 11.7. The fraction of sp³-hybridized carbons (Fsp3) is 0.688. The number of allylic oxidation sites excluding steroid dienone is 4. The standard InChI is InChI=1S/C27H33NO2.C27H32O3.C23H32O3.C19H28O2/c1-16-13-18-14-19(29)7-8-20(18)21-9-11-26(2)22(25(16)21)10-12-27(26,30)24-15-17-5-3-4-6-23(17)28-24;1-16-13-18-14-19(28)7-8-20(18)21-9-11-26(2)22(25(16)21)10-12-27(26,29)24-15-17-5-3-4-6-23(17)30-24;1-4-23(26-12-11-24)10-8-20-21-15(2)13-16-14-17(25)5-6-18(16)19(21)7-9-22(20,23)3;1-11-9-12-10-13(20)3-4-14(12)15-7-8-19(2)16(18(11)15)5-6-17(19)21/h3-6,14-16,20-22,25,28,30H,7-13H2,1-2H3;3-6,14-16,20-22,25,29H,7-13H2,1-2H3;1,14-15,18-21,24H,5-13H2,2-3H3;10-11,14-18,21H,3-9H2,1-2H3/t2*16-,20-,21-,22+,25+,26-,27-;15-,18-,19-,20+,21+,22-,23+;11-,14-,15-,16+,17+,18+,19-/m0000/s1. The number of ether oxygens (including phenoxy) is 1. The molecule has 12 fully saturated rings. The minimum Gasteiger partial charge on any atom is -0.458 e. The fourth-order valence-electron chi connectivity index (χ4n) is 30.4. The molecule has 28 atom stereocenters. The van der Waals surface area contributed by atoms with Crippen molar-refractivity contribution < 1.29 is 48.8 Å². The molecular weight excluding hydrogens is 1330 g/mol. The van der Waals surface area contributed by atoms with Crippen LogP contribution in [0.5, 0.6) is 0 Å². The van der Waals surface area contributed by atoms with E-state index in [0.717, 1.165) is 187 Å². The fourth-order valence-corrected chi connectivity index (χ4v) is 30.4. The lowest BCUT2D eigenvalue weighted by atomic mass is 9.48. The zero-order chi connectivity index (χ0) is 74.6. The van der Waals surface area contributed by atoms with Gasteiger partial charge in [0.2, 0.25) is 0 Å². The molecule has 2 heterocycles. The molecule has 2 aromatic carbocycles. The number of H-pyrrole nitrogens is 1. The van der Waals surface area contributed by atoms with Crippen molar-refractivity contribution in [1.82, 2.24) is 4.98 Å². The van der Waals surface area contributed by atoms with E-state index < -0.39 is 16.8 Å². The van der Waals surface area contributed by atoms with Crippen LogP contribution in [0.15, 0.2) is 112 Å². The molecule has 11 nitrogen and oxygen atoms in total. The maximum Gasteiger partial charge on any atom is 0.155 e. The molecule has 0 radical (unpaired) electrons. The second-order valence-corrected chi connectivity index (χ2v) is 39.7. The largest absolute Gasteiger partial charge is 0.458 e. The van der Waals surface area contributed by atoms with Crippen molar-refractivity contribution in [3.05, 3.63) is 119 Å². The Morgan fingerprint density at radius 1 is 0.486 bits per heavy atom. The normalized spacial score (nSPS) is 46.0. The molecule has 2 aromatic heterocycles. The lowest BCUT2D eigenvalue weighted by molar-refractivity contribution is -0.140. The number of aliphatic hydroxyl groups is 4. The van der Waals surface area contributed by atoms with Crippen molar-refractivity contribution in [1.29, 1.82) is 0 Å². The molecule has 4 aromatic rings. The molecule has 0 spiro atoms. The van der Waals surface area contributed by atoms with Gasteiger partial charge < -0.3 is 34.6 Å². The van der Waals surface area contributed by atoms with Crippen LogP contribution in [-0.4, -0.2) is 73.5 Å². The molecule has 0 aliphatic heterocycles. The summed E-state index contributed by atoms with van der Waals surface area (Å²) in [7, 11) is 0. The first kappa shape index (κ1) is 74.3. The minimum absolute atomic E-state index is 0.00193. The molecule has 5 N–H and O–H groups in total. The Morgan fingerprint density at radius 2 is 0.907 bits per heavy atom. The van der Waals surface area contributed by atoms with Gasteiger partial charge in [0.05, 0.1) is 19.3 Å². The highest BCUT2D eigenvalue weighted by atomic mass is 16.5. The highest BCUT2D eigenvalue weighted by Gasteiger charge is 2.68. The Balaban J connectivity index is 0.000000106. The first-order chi connectivity index (χ1) is 51.3. The number of carbonyl (C=O) groups is 4. The van der Waals surface area contributed by atoms with Gasteiger partial charge in [0.25, 0.3) is 0 Å². The summed E-state index contributed by atoms with van der Waals surface area (Å²) < 4.78 is 12.4. The minimum atomic E-state index is -0.889. The van der Waals surface area contributed by atoms with E-state index in [0.29, 0.717) is 136 Å². The number of para-hydroxylation sites is 2. The molecule has 0 amide bonds. The molecular formula is C96H125NO10. The van der Waals surface area contributed by atoms with Crippen LogP contribution in [0.3, 0.4) is 0 Å². The summed E-state index contributed by atoms with van der Waals surface area (Å²) in [5.41, 5.74) is 6.49. The summed E-state index contributed by atoms with van der Waals surface area (Å²) in [6.07, 6.45) is 42.6. The Labute approximate surface area is 637 Å². The van der Waals surface area contributed by atoms with Crippen LogP contribution in [0.25, 0.3) is 21.9 Å². The summed E-state index contributed by atoms with van der Waals surface area (Å²) in [5.74, 6) is 18.0. The molecule has 20 rings (SSSR count). The second kappa shape index (κ2) is 27.7. The number of hydrogen-bond acceptors (Lipinski definition) is 10. The molecule has 16 aliphatic carbocycles. The Hall–Kier alpha value is -5.48. The number of nitrogens with one attached hydrogen (secondary N) is 1. The van der Waals surface area contributed by atoms with Crippen LogP contribution >= 0.6 is 0 Å². The van der Waals surface area contributed by atoms with Gasteiger partial charge >= 0.3 is 0 Å². The Kier molecular flexibility index (Phi) is 19.2. The number of rotatable bonds is 5. The van der Waals surface area contributed by atoms with Crippen molar-refractivity contribution in [2.75, 3.05) is 13.2 Å². The van der Waals surface area contributed by atoms with Crippen LogP contribution in [0, 0.1) is 152 Å². The zero-order valence-electron chi connectivity index (χ0n) is 65.7. The van der Waals surface area contributed by atoms with E-state index in [1.807, 2.05) is 42.5 Å². The summed E-state index contributed by atoms with van der Waals surface area (Å²) >= 11 is 0. The first-order valence-electron chi connectivity index (χ1n) is 43.1. The number of fused-ring (bicyclic) bond motifs is 22. The second-order valence-electron chi connectivity index (χ2n) is 39.7. The van der Waals surface area contributed by atoms with E-state index >= 15 is 0 Å². The number of furan rings is 1. The zero-order valence-corrected chi connectivity index (χ0v) is 65.7. The predicted molar refractivity (Wildman–Crippen MR) is 419 cm³/mol. The Morgan fingerprint density at radius 3 is 1.38 bits per heavy atom. The average molecular weight is 1450 g/mol. The summed E-state index contributed by atoms with van der Waals surface area (Å²) in [6.45, 7) is 19.3. The van der Waals surface area contributed by atoms with Crippen LogP contribution < -0.4 is 0 Å². The van der Waals surface area contributed by atoms with Gasteiger partial charge in [0.15, 0.2) is 23.1 Å². The molecule has 11 heteroatoms. The van der Waals surface area contributed by atoms with E-state index in [4.69, 9.17) is 15.6 Å². The number of hydrogen-bond donors (Lipinski definition) is 5. The van der Waals surface area contributed by atoms with Crippen LogP contribution in [-0.2, 0) is 35.1 Å². The molecule has 16 aliphatic rings. The summed E-state index contributed by atoms with van der Waals surface area (Å²) in [4.78, 5) is 51.3. The third-order valence-corrected chi connectivity index (χ3v) is 35.4. The van der Waals surface area contributed by atoms with Crippen LogP contribution in [0.2, 0.25) is 0 Å². The number of terminal acetylenes is 1. The van der Waals surface area contributed by atoms with Gasteiger partial charge in [-0.05, 0) is 332 Å². The van der Waals surface area contributed by atoms with Gasteiger partial charge in [-0.2, -0.15) is 0 Å². The molecule has 0 bridgehead atoms. The van der Waals surface area contributed by atoms with Crippen molar-refractivity contribution in [2.45, 2.75) is 258 Å². The van der Waals surface area contributed by atoms with Crippen molar-refractivity contribution >= 4 is 45.0 Å². The van der Waals surface area contributed by atoms with Gasteiger partial charge in [0, 0.05) is 58.5 Å². The smallest absolute Gasteiger partial charge is 0.155 e. The third-order valence-electron chi connectivity index (χ3n) is 35.4. The molecule has 107 heavy (non-hydrogen) atoms. The summed E-state index contributed by atoms with van der Waals surface area (Å²) in [5, 5.41) is 46.3. The van der Waals surface area contributed by atoms with E-state index in [9.17, 15) is 39.6 Å². The van der Waals surface area contributed by atoms with E-state index in [1.165, 1.54) is 59.8 Å². The van der Waals surface area contributed by atoms with E-state index in [-0.39, 0.29) is 34.4 Å². The number of aromatic amines is 1. The maximum absolute atomic E-state index is 12.2. The van der Waals surface area contributed by atoms with E-state index in [1.54, 1.807) is 0 Å². The van der Waals surface area contributed by atoms with Gasteiger partial charge in [-0.3, -0.25) is 19.2 Å². The molecule has 12 saturated carbocycles. The monoisotopic (exact) mass is 1450 g/mol. The SMILES string of the molecule is C#C[C@@]1(OCCO)CC[C@@H]2[C@H]3[C@@H](CC[C@@]21C)[C@H]1CCC(=O)C=C1C[C@@H]3C.C[C@H]1CC2=CC(=O)CC[C@@H]2[C@@H]2CC[C@@]3(C)[C@H](CC[C@]3(O)c3cc4ccccc4[nH]3)[C@@H]21.C[C@H]1CC2=CC(=O)CC[C@@H]2[C@@H]2CC[C@@]3(C)[C@H](CC[C@]3(O)c3cc4ccccc4o3)[C@@H]21.C[C@H]1CC2=CC(=O)CC[C@@H]2[C@@H]2CC[C@]3(C)[C@H](O)CC[C@@H]3[C@@H]21. The average Bonchev–Trinajstić information content (AvgIpc) is 1.59. The summed E-state index contributed by atoms with van der Waals surface area (Å²) in [6, 6.07) is 20.7. The number of carbonyl (C=O) groups excluding carboxylic acids is 4. The topological polar surface area (TPSA) is 187 Å². The highest BCUT2D eigenvalue weighted by molar-refractivity contribution is 5.93. The van der Waals surface area contributed by atoms with Crippen molar-refractivity contribution in [3.63, 3.8) is 0 Å². The van der Waals surface area contributed by atoms with Gasteiger partial charge in [-0.15, -0.1) is 6.42 Å². The number of benzene rings is 2. The molecule has 574 valence electrons. The molecule has 0 saturated heterocycles. The van der Waals surface area contributed by atoms with E-state index in [2.05, 4.69) is 109 Å². The van der Waals surface area contributed by atoms with Gasteiger partial charge in [-0.1, -0.05) is 120 Å². The quantitative estimate of drug-likeness (QED) is 0.120. The van der Waals surface area contributed by atoms with Crippen molar-refractivity contribution in [2.24, 2.45) is 140 Å². The number of ketones is 4. The van der Waals surface area contributed by atoms with Gasteiger partial charge in [-0.25, -0.2) is 0 Å². The lowest BCUT2D eigenvalue weighted by Gasteiger charge is -2.57. The lowest BCUT2D eigenvalue weighted by Crippen LogP contribution is -2.55.